The Morgan fingerprint density at radius 2 is 1.70 bits per heavy atom. The van der Waals surface area contributed by atoms with Gasteiger partial charge in [-0.1, -0.05) is 59.6 Å². The smallest absolute Gasteiger partial charge is 0.347 e. The predicted molar refractivity (Wildman–Crippen MR) is 122 cm³/mol. The van der Waals surface area contributed by atoms with Crippen LogP contribution in [0.5, 0.6) is 0 Å². The summed E-state index contributed by atoms with van der Waals surface area (Å²) < 4.78 is 40.4. The third-order valence-corrected chi connectivity index (χ3v) is 5.42. The number of hydrogen-bond donors (Lipinski definition) is 1. The number of amides is 1. The second-order valence-corrected chi connectivity index (χ2v) is 8.01. The maximum absolute atomic E-state index is 13.0. The van der Waals surface area contributed by atoms with E-state index in [1.54, 1.807) is 54.6 Å². The Bertz CT molecular complexity index is 1320. The maximum Gasteiger partial charge on any atom is 0.416 e. The van der Waals surface area contributed by atoms with Crippen LogP contribution in [-0.2, 0) is 12.7 Å². The molecule has 0 aliphatic heterocycles. The standard InChI is InChI=1S/C24H16Cl2F3N3O/c25-17-7-4-8-18(12-17)32-22(13-21(31-32)19-9-1-2-10-20(19)26)23(33)30-14-15-5-3-6-16(11-15)24(27,28)29/h1-13H,14H2,(H,30,33). The van der Waals surface area contributed by atoms with Crippen molar-refractivity contribution in [1.82, 2.24) is 15.1 Å². The lowest BCUT2D eigenvalue weighted by atomic mass is 10.1. The van der Waals surface area contributed by atoms with E-state index in [1.165, 1.54) is 16.8 Å². The molecular formula is C24H16Cl2F3N3O. The molecule has 0 unspecified atom stereocenters. The van der Waals surface area contributed by atoms with Crippen LogP contribution in [0, 0.1) is 0 Å². The number of hydrogen-bond acceptors (Lipinski definition) is 2. The van der Waals surface area contributed by atoms with E-state index in [0.717, 1.165) is 12.1 Å². The lowest BCUT2D eigenvalue weighted by Crippen LogP contribution is -2.25. The zero-order chi connectivity index (χ0) is 23.6. The minimum atomic E-state index is -4.46. The van der Waals surface area contributed by atoms with Crippen molar-refractivity contribution >= 4 is 29.1 Å². The molecule has 168 valence electrons. The summed E-state index contributed by atoms with van der Waals surface area (Å²) in [4.78, 5) is 13.0. The van der Waals surface area contributed by atoms with Gasteiger partial charge in [-0.3, -0.25) is 4.79 Å². The highest BCUT2D eigenvalue weighted by Gasteiger charge is 2.30. The highest BCUT2D eigenvalue weighted by atomic mass is 35.5. The van der Waals surface area contributed by atoms with Gasteiger partial charge >= 0.3 is 6.18 Å². The quantitative estimate of drug-likeness (QED) is 0.335. The summed E-state index contributed by atoms with van der Waals surface area (Å²) in [5.41, 5.74) is 1.36. The molecule has 1 amide bonds. The third kappa shape index (κ3) is 5.21. The summed E-state index contributed by atoms with van der Waals surface area (Å²) >= 11 is 12.4. The zero-order valence-electron chi connectivity index (χ0n) is 16.9. The minimum absolute atomic E-state index is 0.0924. The summed E-state index contributed by atoms with van der Waals surface area (Å²) in [6.45, 7) is -0.0924. The molecule has 0 saturated heterocycles. The summed E-state index contributed by atoms with van der Waals surface area (Å²) in [7, 11) is 0. The molecule has 0 saturated carbocycles. The summed E-state index contributed by atoms with van der Waals surface area (Å²) in [5.74, 6) is -0.516. The molecule has 3 aromatic carbocycles. The van der Waals surface area contributed by atoms with E-state index in [2.05, 4.69) is 10.4 Å². The van der Waals surface area contributed by atoms with Crippen molar-refractivity contribution in [2.75, 3.05) is 0 Å². The van der Waals surface area contributed by atoms with Crippen LogP contribution < -0.4 is 5.32 Å². The van der Waals surface area contributed by atoms with Gasteiger partial charge in [-0.25, -0.2) is 4.68 Å². The topological polar surface area (TPSA) is 46.9 Å². The van der Waals surface area contributed by atoms with Crippen LogP contribution in [-0.4, -0.2) is 15.7 Å². The number of rotatable bonds is 5. The number of alkyl halides is 3. The van der Waals surface area contributed by atoms with Crippen molar-refractivity contribution in [3.05, 3.63) is 106 Å². The number of benzene rings is 3. The van der Waals surface area contributed by atoms with Gasteiger partial charge in [-0.2, -0.15) is 18.3 Å². The second kappa shape index (κ2) is 9.29. The molecule has 1 aromatic heterocycles. The summed E-state index contributed by atoms with van der Waals surface area (Å²) in [6.07, 6.45) is -4.46. The van der Waals surface area contributed by atoms with E-state index in [0.29, 0.717) is 32.6 Å². The molecule has 4 rings (SSSR count). The van der Waals surface area contributed by atoms with Crippen molar-refractivity contribution < 1.29 is 18.0 Å². The average Bonchev–Trinajstić information content (AvgIpc) is 3.23. The predicted octanol–water partition coefficient (Wildman–Crippen LogP) is 6.79. The number of carbonyl (C=O) groups excluding carboxylic acids is 1. The number of nitrogens with zero attached hydrogens (tertiary/aromatic N) is 2. The molecule has 4 aromatic rings. The van der Waals surface area contributed by atoms with Gasteiger partial charge in [0.1, 0.15) is 5.69 Å². The Hall–Kier alpha value is -3.29. The van der Waals surface area contributed by atoms with E-state index in [-0.39, 0.29) is 12.2 Å². The molecule has 0 aliphatic carbocycles. The van der Waals surface area contributed by atoms with Crippen molar-refractivity contribution in [3.8, 4) is 16.9 Å². The van der Waals surface area contributed by atoms with Gasteiger partial charge < -0.3 is 5.32 Å². The summed E-state index contributed by atoms with van der Waals surface area (Å²) in [5, 5.41) is 8.12. The molecule has 0 atom stereocenters. The Morgan fingerprint density at radius 1 is 0.939 bits per heavy atom. The summed E-state index contributed by atoms with van der Waals surface area (Å²) in [6, 6.07) is 20.2. The molecule has 1 heterocycles. The van der Waals surface area contributed by atoms with E-state index < -0.39 is 17.6 Å². The van der Waals surface area contributed by atoms with Crippen molar-refractivity contribution in [2.24, 2.45) is 0 Å². The van der Waals surface area contributed by atoms with Crippen molar-refractivity contribution in [2.45, 2.75) is 12.7 Å². The Morgan fingerprint density at radius 3 is 2.42 bits per heavy atom. The van der Waals surface area contributed by atoms with Crippen LogP contribution in [0.25, 0.3) is 16.9 Å². The first kappa shape index (κ1) is 22.9. The van der Waals surface area contributed by atoms with Gasteiger partial charge in [-0.05, 0) is 48.0 Å². The normalized spacial score (nSPS) is 11.4. The first-order chi connectivity index (χ1) is 15.7. The monoisotopic (exact) mass is 489 g/mol. The number of nitrogens with one attached hydrogen (secondary N) is 1. The lowest BCUT2D eigenvalue weighted by molar-refractivity contribution is -0.137. The van der Waals surface area contributed by atoms with E-state index >= 15 is 0 Å². The Balaban J connectivity index is 1.67. The Labute approximate surface area is 197 Å². The average molecular weight is 490 g/mol. The number of carbonyl (C=O) groups is 1. The highest BCUT2D eigenvalue weighted by molar-refractivity contribution is 6.33. The van der Waals surface area contributed by atoms with Crippen molar-refractivity contribution in [1.29, 1.82) is 0 Å². The molecule has 0 spiro atoms. The fourth-order valence-electron chi connectivity index (χ4n) is 3.28. The minimum Gasteiger partial charge on any atom is -0.347 e. The van der Waals surface area contributed by atoms with Crippen LogP contribution in [0.1, 0.15) is 21.6 Å². The molecule has 0 bridgehead atoms. The number of aromatic nitrogens is 2. The third-order valence-electron chi connectivity index (χ3n) is 4.85. The van der Waals surface area contributed by atoms with Crippen LogP contribution in [0.3, 0.4) is 0 Å². The largest absolute Gasteiger partial charge is 0.416 e. The SMILES string of the molecule is O=C(NCc1cccc(C(F)(F)F)c1)c1cc(-c2ccccc2Cl)nn1-c1cccc(Cl)c1. The van der Waals surface area contributed by atoms with Crippen LogP contribution in [0.2, 0.25) is 10.0 Å². The van der Waals surface area contributed by atoms with E-state index in [1.807, 2.05) is 0 Å². The molecule has 0 radical (unpaired) electrons. The van der Waals surface area contributed by atoms with Crippen LogP contribution in [0.15, 0.2) is 78.9 Å². The zero-order valence-corrected chi connectivity index (χ0v) is 18.4. The van der Waals surface area contributed by atoms with E-state index in [9.17, 15) is 18.0 Å². The van der Waals surface area contributed by atoms with Crippen LogP contribution >= 0.6 is 23.2 Å². The van der Waals surface area contributed by atoms with Gasteiger partial charge in [0.15, 0.2) is 0 Å². The molecule has 1 N–H and O–H groups in total. The van der Waals surface area contributed by atoms with Gasteiger partial charge in [0, 0.05) is 17.1 Å². The molecule has 33 heavy (non-hydrogen) atoms. The molecule has 0 fully saturated rings. The van der Waals surface area contributed by atoms with Gasteiger partial charge in [0.2, 0.25) is 0 Å². The molecule has 0 aliphatic rings. The fourth-order valence-corrected chi connectivity index (χ4v) is 3.70. The molecule has 9 heteroatoms. The lowest BCUT2D eigenvalue weighted by Gasteiger charge is -2.11. The van der Waals surface area contributed by atoms with Gasteiger partial charge in [0.05, 0.1) is 22.0 Å². The van der Waals surface area contributed by atoms with Gasteiger partial charge in [-0.15, -0.1) is 0 Å². The fraction of sp³-hybridized carbons (Fsp3) is 0.0833. The number of halogens is 5. The van der Waals surface area contributed by atoms with Gasteiger partial charge in [0.25, 0.3) is 5.91 Å². The first-order valence-corrected chi connectivity index (χ1v) is 10.5. The van der Waals surface area contributed by atoms with Crippen LogP contribution in [0.4, 0.5) is 13.2 Å². The Kier molecular flexibility index (Phi) is 6.44. The first-order valence-electron chi connectivity index (χ1n) is 9.77. The molecule has 4 nitrogen and oxygen atoms in total. The van der Waals surface area contributed by atoms with E-state index in [4.69, 9.17) is 23.2 Å². The second-order valence-electron chi connectivity index (χ2n) is 7.17. The molecular weight excluding hydrogens is 474 g/mol. The van der Waals surface area contributed by atoms with Crippen molar-refractivity contribution in [3.63, 3.8) is 0 Å². The highest BCUT2D eigenvalue weighted by Crippen LogP contribution is 2.30. The maximum atomic E-state index is 13.0.